The molecule has 11 heteroatoms. The molecule has 0 aliphatic rings. The van der Waals surface area contributed by atoms with Crippen LogP contribution in [-0.2, 0) is 11.8 Å². The summed E-state index contributed by atoms with van der Waals surface area (Å²) in [6, 6.07) is 10.00. The zero-order valence-electron chi connectivity index (χ0n) is 26.5. The lowest BCUT2D eigenvalue weighted by atomic mass is 10.0. The lowest BCUT2D eigenvalue weighted by Crippen LogP contribution is -2.38. The highest BCUT2D eigenvalue weighted by molar-refractivity contribution is 14.1. The van der Waals surface area contributed by atoms with Crippen molar-refractivity contribution in [3.8, 4) is 17.5 Å². The van der Waals surface area contributed by atoms with Gasteiger partial charge >= 0.3 is 5.69 Å². The summed E-state index contributed by atoms with van der Waals surface area (Å²) < 4.78 is 14.8. The Morgan fingerprint density at radius 3 is 1.93 bits per heavy atom. The van der Waals surface area contributed by atoms with Crippen LogP contribution in [0.5, 0.6) is 17.5 Å². The number of hydrogen-bond donors (Lipinski definition) is 2. The SMILES string of the molecule is CCCCCCCCCCCCCCOc1c(O)n(C(C(=O)Nc2cc(I)cc(I)c2)C(=O)c2ccc(OC)cc2)c(=O)n1C. The van der Waals surface area contributed by atoms with E-state index in [2.05, 4.69) is 57.4 Å². The van der Waals surface area contributed by atoms with Crippen LogP contribution < -0.4 is 20.5 Å². The predicted molar refractivity (Wildman–Crippen MR) is 195 cm³/mol. The maximum Gasteiger partial charge on any atom is 0.334 e. The lowest BCUT2D eigenvalue weighted by Gasteiger charge is -2.18. The number of Topliss-reactive ketones (excluding diaryl/α,β-unsaturated/α-hetero) is 1. The zero-order chi connectivity index (χ0) is 32.8. The zero-order valence-corrected chi connectivity index (χ0v) is 30.8. The summed E-state index contributed by atoms with van der Waals surface area (Å²) in [5.41, 5.74) is -0.0885. The fraction of sp³-hybridized carbons (Fsp3) is 0.500. The number of halogens is 2. The Balaban J connectivity index is 1.69. The van der Waals surface area contributed by atoms with Gasteiger partial charge in [-0.2, -0.15) is 0 Å². The highest BCUT2D eigenvalue weighted by Gasteiger charge is 2.36. The van der Waals surface area contributed by atoms with E-state index in [4.69, 9.17) is 9.47 Å². The van der Waals surface area contributed by atoms with E-state index in [1.807, 2.05) is 6.07 Å². The van der Waals surface area contributed by atoms with E-state index in [9.17, 15) is 19.5 Å². The van der Waals surface area contributed by atoms with Crippen molar-refractivity contribution in [3.05, 3.63) is 65.7 Å². The molecule has 1 atom stereocenters. The molecule has 0 aliphatic carbocycles. The van der Waals surface area contributed by atoms with Crippen LogP contribution in [0.4, 0.5) is 5.69 Å². The molecule has 45 heavy (non-hydrogen) atoms. The average molecular weight is 846 g/mol. The van der Waals surface area contributed by atoms with Gasteiger partial charge in [-0.25, -0.2) is 9.36 Å². The predicted octanol–water partition coefficient (Wildman–Crippen LogP) is 8.25. The number of ether oxygens (including phenoxy) is 2. The Bertz CT molecular complexity index is 1430. The van der Waals surface area contributed by atoms with Crippen molar-refractivity contribution in [1.29, 1.82) is 0 Å². The monoisotopic (exact) mass is 845 g/mol. The largest absolute Gasteiger partial charge is 0.497 e. The van der Waals surface area contributed by atoms with E-state index in [1.54, 1.807) is 24.3 Å². The number of ketones is 1. The molecule has 1 amide bonds. The first-order chi connectivity index (χ1) is 21.7. The van der Waals surface area contributed by atoms with Crippen molar-refractivity contribution >= 4 is 62.6 Å². The van der Waals surface area contributed by atoms with Gasteiger partial charge in [-0.3, -0.25) is 14.2 Å². The molecule has 0 fully saturated rings. The molecule has 1 unspecified atom stereocenters. The fourth-order valence-corrected chi connectivity index (χ4v) is 7.14. The first kappa shape index (κ1) is 36.9. The van der Waals surface area contributed by atoms with Gasteiger partial charge in [0.1, 0.15) is 5.75 Å². The minimum absolute atomic E-state index is 0.0767. The number of benzene rings is 2. The van der Waals surface area contributed by atoms with Crippen molar-refractivity contribution < 1.29 is 24.2 Å². The highest BCUT2D eigenvalue weighted by atomic mass is 127. The summed E-state index contributed by atoms with van der Waals surface area (Å²) in [6.45, 7) is 2.54. The van der Waals surface area contributed by atoms with Crippen molar-refractivity contribution in [1.82, 2.24) is 9.13 Å². The molecular formula is C34H45I2N3O6. The van der Waals surface area contributed by atoms with Crippen LogP contribution in [0.1, 0.15) is 100 Å². The van der Waals surface area contributed by atoms with E-state index >= 15 is 0 Å². The van der Waals surface area contributed by atoms with E-state index in [-0.39, 0.29) is 11.4 Å². The van der Waals surface area contributed by atoms with Gasteiger partial charge in [0.05, 0.1) is 13.7 Å². The van der Waals surface area contributed by atoms with E-state index in [0.29, 0.717) is 18.0 Å². The van der Waals surface area contributed by atoms with Crippen LogP contribution in [-0.4, -0.2) is 39.6 Å². The number of aromatic nitrogens is 2. The average Bonchev–Trinajstić information content (AvgIpc) is 3.21. The number of aromatic hydroxyl groups is 1. The van der Waals surface area contributed by atoms with Crippen LogP contribution in [0.15, 0.2) is 47.3 Å². The number of methoxy groups -OCH3 is 1. The summed E-state index contributed by atoms with van der Waals surface area (Å²) >= 11 is 4.27. The van der Waals surface area contributed by atoms with Crippen molar-refractivity contribution in [3.63, 3.8) is 0 Å². The summed E-state index contributed by atoms with van der Waals surface area (Å²) in [5, 5.41) is 14.0. The van der Waals surface area contributed by atoms with E-state index < -0.39 is 29.3 Å². The van der Waals surface area contributed by atoms with Gasteiger partial charge in [-0.1, -0.05) is 77.6 Å². The second-order valence-corrected chi connectivity index (χ2v) is 13.7. The van der Waals surface area contributed by atoms with Gasteiger partial charge in [0.2, 0.25) is 0 Å². The first-order valence-corrected chi connectivity index (χ1v) is 17.9. The maximum absolute atomic E-state index is 13.8. The Hall–Kier alpha value is -2.55. The molecule has 0 spiro atoms. The van der Waals surface area contributed by atoms with Gasteiger partial charge in [-0.15, -0.1) is 0 Å². The molecule has 9 nitrogen and oxygen atoms in total. The van der Waals surface area contributed by atoms with Gasteiger partial charge in [0, 0.05) is 25.4 Å². The summed E-state index contributed by atoms with van der Waals surface area (Å²) in [4.78, 5) is 40.9. The van der Waals surface area contributed by atoms with Crippen LogP contribution in [0, 0.1) is 7.14 Å². The number of carbonyl (C=O) groups is 2. The Morgan fingerprint density at radius 1 is 0.867 bits per heavy atom. The molecule has 246 valence electrons. The third kappa shape index (κ3) is 11.0. The number of nitrogens with one attached hydrogen (secondary N) is 1. The van der Waals surface area contributed by atoms with E-state index in [1.165, 1.54) is 84.1 Å². The molecule has 0 radical (unpaired) electrons. The molecule has 0 saturated carbocycles. The number of rotatable bonds is 20. The first-order valence-electron chi connectivity index (χ1n) is 15.8. The Labute approximate surface area is 293 Å². The minimum Gasteiger partial charge on any atom is -0.497 e. The molecule has 0 saturated heterocycles. The summed E-state index contributed by atoms with van der Waals surface area (Å²) in [7, 11) is 2.96. The standard InChI is InChI=1S/C34H45I2N3O6/c1-4-5-6-7-8-9-10-11-12-13-14-15-20-45-33-32(42)39(34(43)38(33)2)29(30(40)24-16-18-28(44-3)19-17-24)31(41)37-27-22-25(35)21-26(36)23-27/h16-19,21-23,29,42H,4-15,20H2,1-3H3,(H,37,41). The molecule has 0 aliphatic heterocycles. The fourth-order valence-electron chi connectivity index (χ4n) is 5.20. The number of unbranched alkanes of at least 4 members (excludes halogenated alkanes) is 11. The second kappa shape index (κ2) is 19.2. The van der Waals surface area contributed by atoms with Crippen LogP contribution in [0.25, 0.3) is 0 Å². The summed E-state index contributed by atoms with van der Waals surface area (Å²) in [5.74, 6) is -1.53. The number of nitrogens with zero attached hydrogens (tertiary/aromatic N) is 2. The van der Waals surface area contributed by atoms with Crippen LogP contribution in [0.2, 0.25) is 0 Å². The molecule has 1 aromatic heterocycles. The second-order valence-electron chi connectivity index (χ2n) is 11.2. The smallest absolute Gasteiger partial charge is 0.334 e. The highest BCUT2D eigenvalue weighted by Crippen LogP contribution is 2.30. The van der Waals surface area contributed by atoms with Crippen molar-refractivity contribution in [2.75, 3.05) is 19.0 Å². The maximum atomic E-state index is 13.8. The molecular weight excluding hydrogens is 800 g/mol. The van der Waals surface area contributed by atoms with Crippen molar-refractivity contribution in [2.45, 2.75) is 90.0 Å². The molecule has 3 rings (SSSR count). The molecule has 2 N–H and O–H groups in total. The lowest BCUT2D eigenvalue weighted by molar-refractivity contribution is -0.118. The van der Waals surface area contributed by atoms with Crippen molar-refractivity contribution in [2.24, 2.45) is 7.05 Å². The van der Waals surface area contributed by atoms with Crippen LogP contribution in [0.3, 0.4) is 0 Å². The Morgan fingerprint density at radius 2 is 1.40 bits per heavy atom. The minimum atomic E-state index is -1.68. The van der Waals surface area contributed by atoms with Gasteiger partial charge in [-0.05, 0) is 94.1 Å². The Kier molecular flexibility index (Phi) is 15.7. The van der Waals surface area contributed by atoms with Gasteiger partial charge in [0.25, 0.3) is 17.7 Å². The molecule has 0 bridgehead atoms. The molecule has 1 heterocycles. The number of amides is 1. The molecule has 3 aromatic rings. The number of carbonyl (C=O) groups excluding carboxylic acids is 2. The number of hydrogen-bond acceptors (Lipinski definition) is 6. The quantitative estimate of drug-likeness (QED) is 0.0513. The third-order valence-corrected chi connectivity index (χ3v) is 8.96. The van der Waals surface area contributed by atoms with Gasteiger partial charge in [0.15, 0.2) is 11.8 Å². The van der Waals surface area contributed by atoms with Crippen LogP contribution >= 0.6 is 45.2 Å². The van der Waals surface area contributed by atoms with E-state index in [0.717, 1.165) is 35.5 Å². The third-order valence-electron chi connectivity index (χ3n) is 7.71. The van der Waals surface area contributed by atoms with Gasteiger partial charge < -0.3 is 19.9 Å². The summed E-state index contributed by atoms with van der Waals surface area (Å²) in [6.07, 6.45) is 14.5. The normalized spacial score (nSPS) is 11.8. The topological polar surface area (TPSA) is 112 Å². The number of anilines is 1. The number of imidazole rings is 1. The molecule has 2 aromatic carbocycles.